The third-order valence-corrected chi connectivity index (χ3v) is 2.73. The first-order chi connectivity index (χ1) is 9.31. The van der Waals surface area contributed by atoms with Crippen molar-refractivity contribution < 1.29 is 9.59 Å². The molecule has 6 N–H and O–H groups in total. The van der Waals surface area contributed by atoms with Crippen LogP contribution >= 0.6 is 12.2 Å². The Morgan fingerprint density at radius 1 is 1.20 bits per heavy atom. The molecule has 0 bridgehead atoms. The minimum atomic E-state index is -0.917. The van der Waals surface area contributed by atoms with Crippen LogP contribution in [-0.2, 0) is 9.59 Å². The van der Waals surface area contributed by atoms with E-state index in [9.17, 15) is 9.59 Å². The number of hydrogen-bond donors (Lipinski definition) is 4. The number of amides is 2. The van der Waals surface area contributed by atoms with Gasteiger partial charge in [-0.1, -0.05) is 17.7 Å². The Balaban J connectivity index is 2.75. The van der Waals surface area contributed by atoms with E-state index in [1.54, 1.807) is 0 Å². The fourth-order valence-corrected chi connectivity index (χ4v) is 1.68. The first-order valence-electron chi connectivity index (χ1n) is 5.76. The molecule has 0 spiro atoms. The first-order valence-corrected chi connectivity index (χ1v) is 6.16. The molecule has 7 heteroatoms. The minimum absolute atomic E-state index is 0.219. The Hall–Kier alpha value is -2.41. The molecule has 0 unspecified atom stereocenters. The van der Waals surface area contributed by atoms with Crippen LogP contribution in [0.1, 0.15) is 11.1 Å². The molecule has 0 radical (unpaired) electrons. The van der Waals surface area contributed by atoms with Crippen LogP contribution in [-0.4, -0.2) is 16.9 Å². The Labute approximate surface area is 122 Å². The van der Waals surface area contributed by atoms with E-state index in [1.165, 1.54) is 0 Å². The number of anilines is 1. The number of hydrogen-bond acceptors (Lipinski definition) is 3. The van der Waals surface area contributed by atoms with Gasteiger partial charge in [0.25, 0.3) is 11.8 Å². The zero-order valence-corrected chi connectivity index (χ0v) is 12.0. The third kappa shape index (κ3) is 4.36. The van der Waals surface area contributed by atoms with Crippen molar-refractivity contribution in [3.63, 3.8) is 0 Å². The lowest BCUT2D eigenvalue weighted by molar-refractivity contribution is -0.120. The lowest BCUT2D eigenvalue weighted by Gasteiger charge is -2.11. The number of thiocarbonyl (C=S) groups is 1. The van der Waals surface area contributed by atoms with Crippen LogP contribution in [0.5, 0.6) is 0 Å². The number of carbonyl (C=O) groups is 2. The van der Waals surface area contributed by atoms with Crippen molar-refractivity contribution in [3.8, 4) is 0 Å². The summed E-state index contributed by atoms with van der Waals surface area (Å²) in [7, 11) is 0. The fraction of sp³-hybridized carbons (Fsp3) is 0.154. The van der Waals surface area contributed by atoms with Crippen LogP contribution in [0.4, 0.5) is 5.69 Å². The van der Waals surface area contributed by atoms with Crippen LogP contribution in [0.25, 0.3) is 0 Å². The Kier molecular flexibility index (Phi) is 5.22. The highest BCUT2D eigenvalue weighted by atomic mass is 32.1. The normalized spacial score (nSPS) is 9.50. The van der Waals surface area contributed by atoms with E-state index in [-0.39, 0.29) is 10.7 Å². The number of aryl methyl sites for hydroxylation is 2. The maximum Gasteiger partial charge on any atom is 0.255 e. The quantitative estimate of drug-likeness (QED) is 0.279. The maximum atomic E-state index is 11.0. The highest BCUT2D eigenvalue weighted by Gasteiger charge is 2.11. The summed E-state index contributed by atoms with van der Waals surface area (Å²) >= 11 is 5.05. The molecular weight excluding hydrogens is 276 g/mol. The molecule has 0 saturated carbocycles. The van der Waals surface area contributed by atoms with Gasteiger partial charge in [0.1, 0.15) is 5.57 Å². The number of nitrogens with one attached hydrogen (secondary N) is 2. The average Bonchev–Trinajstić information content (AvgIpc) is 2.32. The van der Waals surface area contributed by atoms with Gasteiger partial charge in [-0.15, -0.1) is 0 Å². The van der Waals surface area contributed by atoms with Crippen molar-refractivity contribution in [1.29, 1.82) is 0 Å². The third-order valence-electron chi connectivity index (χ3n) is 2.51. The molecule has 2 amide bonds. The summed E-state index contributed by atoms with van der Waals surface area (Å²) in [6.45, 7) is 3.92. The Morgan fingerprint density at radius 3 is 2.30 bits per heavy atom. The highest BCUT2D eigenvalue weighted by molar-refractivity contribution is 7.80. The number of rotatable bonds is 4. The van der Waals surface area contributed by atoms with Crippen LogP contribution in [0, 0.1) is 13.8 Å². The van der Waals surface area contributed by atoms with E-state index in [0.717, 1.165) is 23.0 Å². The van der Waals surface area contributed by atoms with Gasteiger partial charge in [0.15, 0.2) is 5.11 Å². The zero-order valence-electron chi connectivity index (χ0n) is 11.2. The van der Waals surface area contributed by atoms with Crippen LogP contribution in [0.3, 0.4) is 0 Å². The van der Waals surface area contributed by atoms with Gasteiger partial charge < -0.3 is 22.1 Å². The van der Waals surface area contributed by atoms with Crippen molar-refractivity contribution in [2.24, 2.45) is 11.5 Å². The van der Waals surface area contributed by atoms with E-state index in [0.29, 0.717) is 0 Å². The van der Waals surface area contributed by atoms with Gasteiger partial charge in [-0.2, -0.15) is 0 Å². The number of carbonyl (C=O) groups excluding carboxylic acids is 2. The Bertz CT molecular complexity index is 580. The molecular formula is C13H16N4O2S. The van der Waals surface area contributed by atoms with Crippen molar-refractivity contribution in [3.05, 3.63) is 41.1 Å². The standard InChI is InChI=1S/C13H16N4O2S/c1-7-3-4-10(8(2)5-7)17-13(20)16-6-9(11(14)18)12(15)19/h3-6H,1-2H3,(H2,14,18)(H2,15,19)(H2,16,17,20). The van der Waals surface area contributed by atoms with Gasteiger partial charge >= 0.3 is 0 Å². The molecule has 0 aliphatic rings. The summed E-state index contributed by atoms with van der Waals surface area (Å²) in [5.74, 6) is -1.83. The van der Waals surface area contributed by atoms with Crippen LogP contribution in [0.15, 0.2) is 30.0 Å². The van der Waals surface area contributed by atoms with Crippen LogP contribution < -0.4 is 22.1 Å². The summed E-state index contributed by atoms with van der Waals surface area (Å²) in [4.78, 5) is 21.9. The van der Waals surface area contributed by atoms with Gasteiger partial charge in [-0.25, -0.2) is 0 Å². The first kappa shape index (κ1) is 15.6. The molecule has 6 nitrogen and oxygen atoms in total. The lowest BCUT2D eigenvalue weighted by atomic mass is 10.1. The summed E-state index contributed by atoms with van der Waals surface area (Å²) in [6.07, 6.45) is 1.09. The van der Waals surface area contributed by atoms with Gasteiger partial charge in [0.05, 0.1) is 0 Å². The van der Waals surface area contributed by atoms with E-state index in [4.69, 9.17) is 23.7 Å². The van der Waals surface area contributed by atoms with E-state index in [1.807, 2.05) is 32.0 Å². The average molecular weight is 292 g/mol. The molecule has 0 saturated heterocycles. The number of nitrogens with two attached hydrogens (primary N) is 2. The maximum absolute atomic E-state index is 11.0. The van der Waals surface area contributed by atoms with Gasteiger partial charge in [0.2, 0.25) is 0 Å². The highest BCUT2D eigenvalue weighted by Crippen LogP contribution is 2.15. The fourth-order valence-electron chi connectivity index (χ4n) is 1.51. The summed E-state index contributed by atoms with van der Waals surface area (Å²) in [5, 5.41) is 5.75. The van der Waals surface area contributed by atoms with Crippen LogP contribution in [0.2, 0.25) is 0 Å². The number of benzene rings is 1. The molecule has 0 atom stereocenters. The molecule has 0 aliphatic heterocycles. The number of primary amides is 2. The summed E-state index contributed by atoms with van der Waals surface area (Å²) in [6, 6.07) is 5.82. The van der Waals surface area contributed by atoms with Gasteiger partial charge in [0, 0.05) is 11.9 Å². The Morgan fingerprint density at radius 2 is 1.80 bits per heavy atom. The molecule has 20 heavy (non-hydrogen) atoms. The van der Waals surface area contributed by atoms with E-state index in [2.05, 4.69) is 10.6 Å². The summed E-state index contributed by atoms with van der Waals surface area (Å²) in [5.41, 5.74) is 12.6. The summed E-state index contributed by atoms with van der Waals surface area (Å²) < 4.78 is 0. The molecule has 1 aromatic rings. The second-order valence-corrected chi connectivity index (χ2v) is 4.61. The second kappa shape index (κ2) is 6.67. The molecule has 1 rings (SSSR count). The van der Waals surface area contributed by atoms with Crippen molar-refractivity contribution in [1.82, 2.24) is 5.32 Å². The molecule has 0 aliphatic carbocycles. The lowest BCUT2D eigenvalue weighted by Crippen LogP contribution is -2.31. The molecule has 1 aromatic carbocycles. The van der Waals surface area contributed by atoms with E-state index < -0.39 is 11.8 Å². The minimum Gasteiger partial charge on any atom is -0.365 e. The topological polar surface area (TPSA) is 110 Å². The smallest absolute Gasteiger partial charge is 0.255 e. The van der Waals surface area contributed by atoms with Crippen molar-refractivity contribution in [2.45, 2.75) is 13.8 Å². The molecule has 0 fully saturated rings. The monoisotopic (exact) mass is 292 g/mol. The van der Waals surface area contributed by atoms with Gasteiger partial charge in [-0.05, 0) is 37.7 Å². The molecule has 106 valence electrons. The largest absolute Gasteiger partial charge is 0.365 e. The predicted molar refractivity (Wildman–Crippen MR) is 81.7 cm³/mol. The van der Waals surface area contributed by atoms with Gasteiger partial charge in [-0.3, -0.25) is 9.59 Å². The molecule has 0 heterocycles. The van der Waals surface area contributed by atoms with Crippen molar-refractivity contribution >= 4 is 34.8 Å². The second-order valence-electron chi connectivity index (χ2n) is 4.20. The van der Waals surface area contributed by atoms with E-state index >= 15 is 0 Å². The van der Waals surface area contributed by atoms with Crippen molar-refractivity contribution in [2.75, 3.05) is 5.32 Å². The SMILES string of the molecule is Cc1ccc(NC(=S)NC=C(C(N)=O)C(N)=O)c(C)c1. The molecule has 0 aromatic heterocycles. The zero-order chi connectivity index (χ0) is 15.3. The predicted octanol–water partition coefficient (Wildman–Crippen LogP) is 0.444.